The minimum atomic E-state index is -0.199. The molecule has 0 N–H and O–H groups in total. The first-order valence-corrected chi connectivity index (χ1v) is 7.41. The lowest BCUT2D eigenvalue weighted by atomic mass is 10.1. The highest BCUT2D eigenvalue weighted by Crippen LogP contribution is 2.20. The Balaban J connectivity index is 1.59. The van der Waals surface area contributed by atoms with E-state index in [1.807, 2.05) is 36.4 Å². The van der Waals surface area contributed by atoms with Crippen LogP contribution in [0.15, 0.2) is 48.5 Å². The fraction of sp³-hybridized carbons (Fsp3) is 0.333. The van der Waals surface area contributed by atoms with E-state index in [2.05, 4.69) is 0 Å². The standard InChI is InChI=1S/C18H19FO2/c19-16-8-4-14(5-9-16)13-15-6-10-17(11-7-15)21-18-3-1-2-12-20-18/h4-11,18H,1-3,12-13H2. The van der Waals surface area contributed by atoms with Crippen LogP contribution in [0.5, 0.6) is 5.75 Å². The summed E-state index contributed by atoms with van der Waals surface area (Å²) in [6, 6.07) is 14.6. The monoisotopic (exact) mass is 286 g/mol. The molecule has 3 heteroatoms. The maximum atomic E-state index is 12.9. The highest BCUT2D eigenvalue weighted by Gasteiger charge is 2.14. The van der Waals surface area contributed by atoms with Crippen molar-refractivity contribution in [2.75, 3.05) is 6.61 Å². The Morgan fingerprint density at radius 3 is 2.24 bits per heavy atom. The second-order valence-corrected chi connectivity index (χ2v) is 5.36. The van der Waals surface area contributed by atoms with E-state index < -0.39 is 0 Å². The molecule has 2 aromatic rings. The van der Waals surface area contributed by atoms with Gasteiger partial charge in [-0.2, -0.15) is 0 Å². The third kappa shape index (κ3) is 4.05. The predicted molar refractivity (Wildman–Crippen MR) is 79.9 cm³/mol. The van der Waals surface area contributed by atoms with E-state index in [0.717, 1.165) is 43.6 Å². The summed E-state index contributed by atoms with van der Waals surface area (Å²) in [6.07, 6.45) is 3.92. The van der Waals surface area contributed by atoms with Crippen LogP contribution >= 0.6 is 0 Å². The first-order chi connectivity index (χ1) is 10.3. The summed E-state index contributed by atoms with van der Waals surface area (Å²) in [5.41, 5.74) is 2.28. The van der Waals surface area contributed by atoms with Crippen LogP contribution < -0.4 is 4.74 Å². The molecule has 110 valence electrons. The molecule has 0 spiro atoms. The Labute approximate surface area is 124 Å². The smallest absolute Gasteiger partial charge is 0.199 e. The van der Waals surface area contributed by atoms with E-state index in [1.54, 1.807) is 0 Å². The number of benzene rings is 2. The van der Waals surface area contributed by atoms with Crippen molar-refractivity contribution < 1.29 is 13.9 Å². The van der Waals surface area contributed by atoms with Crippen LogP contribution in [0.1, 0.15) is 30.4 Å². The van der Waals surface area contributed by atoms with E-state index in [0.29, 0.717) is 0 Å². The van der Waals surface area contributed by atoms with E-state index in [4.69, 9.17) is 9.47 Å². The molecule has 1 heterocycles. The van der Waals surface area contributed by atoms with Gasteiger partial charge in [0.1, 0.15) is 11.6 Å². The van der Waals surface area contributed by atoms with Crippen molar-refractivity contribution >= 4 is 0 Å². The average molecular weight is 286 g/mol. The van der Waals surface area contributed by atoms with Gasteiger partial charge in [0, 0.05) is 6.42 Å². The van der Waals surface area contributed by atoms with Crippen molar-refractivity contribution in [3.05, 3.63) is 65.5 Å². The van der Waals surface area contributed by atoms with Crippen LogP contribution in [0.2, 0.25) is 0 Å². The van der Waals surface area contributed by atoms with E-state index in [-0.39, 0.29) is 12.1 Å². The molecule has 3 rings (SSSR count). The highest BCUT2D eigenvalue weighted by atomic mass is 19.1. The topological polar surface area (TPSA) is 18.5 Å². The lowest BCUT2D eigenvalue weighted by molar-refractivity contribution is -0.105. The van der Waals surface area contributed by atoms with Crippen molar-refractivity contribution in [3.63, 3.8) is 0 Å². The molecule has 1 atom stereocenters. The van der Waals surface area contributed by atoms with Gasteiger partial charge in [0.2, 0.25) is 0 Å². The molecule has 0 aliphatic carbocycles. The highest BCUT2D eigenvalue weighted by molar-refractivity contribution is 5.31. The molecule has 0 aromatic heterocycles. The lowest BCUT2D eigenvalue weighted by Gasteiger charge is -2.23. The molecule has 1 saturated heterocycles. The molecule has 1 fully saturated rings. The van der Waals surface area contributed by atoms with Crippen molar-refractivity contribution in [2.45, 2.75) is 32.0 Å². The molecule has 0 radical (unpaired) electrons. The van der Waals surface area contributed by atoms with Crippen LogP contribution in [-0.2, 0) is 11.2 Å². The number of hydrogen-bond acceptors (Lipinski definition) is 2. The van der Waals surface area contributed by atoms with Crippen molar-refractivity contribution in [1.82, 2.24) is 0 Å². The third-order valence-corrected chi connectivity index (χ3v) is 3.65. The van der Waals surface area contributed by atoms with Crippen molar-refractivity contribution in [2.24, 2.45) is 0 Å². The zero-order valence-corrected chi connectivity index (χ0v) is 11.9. The minimum Gasteiger partial charge on any atom is -0.465 e. The molecule has 1 aliphatic rings. The molecule has 0 bridgehead atoms. The molecule has 1 aliphatic heterocycles. The summed E-state index contributed by atoms with van der Waals surface area (Å²) in [6.45, 7) is 0.785. The largest absolute Gasteiger partial charge is 0.465 e. The van der Waals surface area contributed by atoms with Gasteiger partial charge >= 0.3 is 0 Å². The normalized spacial score (nSPS) is 18.4. The number of hydrogen-bond donors (Lipinski definition) is 0. The quantitative estimate of drug-likeness (QED) is 0.833. The second-order valence-electron chi connectivity index (χ2n) is 5.36. The third-order valence-electron chi connectivity index (χ3n) is 3.65. The second kappa shape index (κ2) is 6.72. The molecule has 2 aromatic carbocycles. The molecule has 0 amide bonds. The molecular weight excluding hydrogens is 267 g/mol. The molecule has 2 nitrogen and oxygen atoms in total. The molecule has 0 saturated carbocycles. The van der Waals surface area contributed by atoms with Gasteiger partial charge in [-0.15, -0.1) is 0 Å². The zero-order valence-electron chi connectivity index (χ0n) is 11.9. The van der Waals surface area contributed by atoms with Crippen LogP contribution in [0.4, 0.5) is 4.39 Å². The van der Waals surface area contributed by atoms with Gasteiger partial charge in [-0.3, -0.25) is 0 Å². The molecule has 1 unspecified atom stereocenters. The fourth-order valence-electron chi connectivity index (χ4n) is 2.48. The van der Waals surface area contributed by atoms with E-state index in [9.17, 15) is 4.39 Å². The summed E-state index contributed by atoms with van der Waals surface area (Å²) in [5.74, 6) is 0.639. The average Bonchev–Trinajstić information content (AvgIpc) is 2.53. The van der Waals surface area contributed by atoms with Crippen LogP contribution in [0, 0.1) is 5.82 Å². The first-order valence-electron chi connectivity index (χ1n) is 7.41. The van der Waals surface area contributed by atoms with Gasteiger partial charge < -0.3 is 9.47 Å². The Morgan fingerprint density at radius 1 is 0.952 bits per heavy atom. The Morgan fingerprint density at radius 2 is 1.62 bits per heavy atom. The number of halogens is 1. The fourth-order valence-corrected chi connectivity index (χ4v) is 2.48. The van der Waals surface area contributed by atoms with Gasteiger partial charge in [-0.05, 0) is 54.7 Å². The summed E-state index contributed by atoms with van der Waals surface area (Å²) in [5, 5.41) is 0. The van der Waals surface area contributed by atoms with Gasteiger partial charge in [0.05, 0.1) is 6.61 Å². The summed E-state index contributed by atoms with van der Waals surface area (Å²) in [4.78, 5) is 0. The zero-order chi connectivity index (χ0) is 14.5. The number of rotatable bonds is 4. The van der Waals surface area contributed by atoms with Crippen molar-refractivity contribution in [1.29, 1.82) is 0 Å². The molecule has 21 heavy (non-hydrogen) atoms. The SMILES string of the molecule is Fc1ccc(Cc2ccc(OC3CCCCO3)cc2)cc1. The van der Waals surface area contributed by atoms with Gasteiger partial charge in [-0.1, -0.05) is 24.3 Å². The Hall–Kier alpha value is -1.87. The van der Waals surface area contributed by atoms with E-state index in [1.165, 1.54) is 17.7 Å². The van der Waals surface area contributed by atoms with Crippen LogP contribution in [0.3, 0.4) is 0 Å². The maximum Gasteiger partial charge on any atom is 0.199 e. The van der Waals surface area contributed by atoms with Crippen molar-refractivity contribution in [3.8, 4) is 5.75 Å². The van der Waals surface area contributed by atoms with E-state index >= 15 is 0 Å². The predicted octanol–water partition coefficient (Wildman–Crippen LogP) is 4.32. The molecular formula is C18H19FO2. The van der Waals surface area contributed by atoms with Gasteiger partial charge in [0.25, 0.3) is 0 Å². The first kappa shape index (κ1) is 14.1. The lowest BCUT2D eigenvalue weighted by Crippen LogP contribution is -2.24. The Kier molecular flexibility index (Phi) is 4.51. The Bertz CT molecular complexity index is 557. The van der Waals surface area contributed by atoms with Crippen LogP contribution in [0.25, 0.3) is 0 Å². The summed E-state index contributed by atoms with van der Waals surface area (Å²) >= 11 is 0. The summed E-state index contributed by atoms with van der Waals surface area (Å²) in [7, 11) is 0. The van der Waals surface area contributed by atoms with Gasteiger partial charge in [0.15, 0.2) is 6.29 Å². The maximum absolute atomic E-state index is 12.9. The minimum absolute atomic E-state index is 0.110. The van der Waals surface area contributed by atoms with Crippen LogP contribution in [-0.4, -0.2) is 12.9 Å². The summed E-state index contributed by atoms with van der Waals surface area (Å²) < 4.78 is 24.2. The van der Waals surface area contributed by atoms with Gasteiger partial charge in [-0.25, -0.2) is 4.39 Å². The number of ether oxygens (including phenoxy) is 2.